The molecular weight excluding hydrogens is 160 g/mol. The SMILES string of the molecule is CCO[Si](C)(C)OC(C)OC. The van der Waals surface area contributed by atoms with E-state index in [1.54, 1.807) is 7.11 Å². The maximum absolute atomic E-state index is 5.52. The van der Waals surface area contributed by atoms with Gasteiger partial charge in [-0.05, 0) is 26.9 Å². The first-order chi connectivity index (χ1) is 5.02. The van der Waals surface area contributed by atoms with Crippen molar-refractivity contribution in [2.75, 3.05) is 13.7 Å². The van der Waals surface area contributed by atoms with Crippen molar-refractivity contribution in [1.29, 1.82) is 0 Å². The molecule has 0 bridgehead atoms. The lowest BCUT2D eigenvalue weighted by atomic mass is 10.8. The van der Waals surface area contributed by atoms with Gasteiger partial charge in [-0.1, -0.05) is 0 Å². The molecule has 0 fully saturated rings. The molecule has 0 aliphatic carbocycles. The van der Waals surface area contributed by atoms with E-state index in [1.165, 1.54) is 0 Å². The van der Waals surface area contributed by atoms with Crippen LogP contribution >= 0.6 is 0 Å². The quantitative estimate of drug-likeness (QED) is 0.474. The molecule has 0 aliphatic rings. The zero-order chi connectivity index (χ0) is 8.91. The molecule has 0 spiro atoms. The summed E-state index contributed by atoms with van der Waals surface area (Å²) < 4.78 is 15.9. The summed E-state index contributed by atoms with van der Waals surface area (Å²) in [7, 11) is -0.286. The van der Waals surface area contributed by atoms with E-state index in [9.17, 15) is 0 Å². The van der Waals surface area contributed by atoms with Crippen LogP contribution < -0.4 is 0 Å². The molecule has 3 nitrogen and oxygen atoms in total. The van der Waals surface area contributed by atoms with Gasteiger partial charge in [-0.15, -0.1) is 0 Å². The van der Waals surface area contributed by atoms with E-state index in [0.717, 1.165) is 0 Å². The Morgan fingerprint density at radius 3 is 2.27 bits per heavy atom. The zero-order valence-electron chi connectivity index (χ0n) is 8.01. The first-order valence-corrected chi connectivity index (χ1v) is 6.68. The molecule has 1 atom stereocenters. The molecular formula is C7H18O3Si. The maximum atomic E-state index is 5.52. The minimum absolute atomic E-state index is 0.164. The molecule has 0 heterocycles. The number of rotatable bonds is 5. The molecule has 0 radical (unpaired) electrons. The molecule has 1 unspecified atom stereocenters. The summed E-state index contributed by atoms with van der Waals surface area (Å²) in [6, 6.07) is 0. The molecule has 68 valence electrons. The maximum Gasteiger partial charge on any atom is 0.333 e. The molecule has 0 rings (SSSR count). The van der Waals surface area contributed by atoms with Crippen molar-refractivity contribution in [3.05, 3.63) is 0 Å². The predicted octanol–water partition coefficient (Wildman–Crippen LogP) is 1.73. The topological polar surface area (TPSA) is 27.7 Å². The average Bonchev–Trinajstić information content (AvgIpc) is 1.86. The minimum Gasteiger partial charge on any atom is -0.395 e. The van der Waals surface area contributed by atoms with Crippen molar-refractivity contribution in [2.24, 2.45) is 0 Å². The summed E-state index contributed by atoms with van der Waals surface area (Å²) in [5.41, 5.74) is 0. The normalized spacial score (nSPS) is 15.0. The van der Waals surface area contributed by atoms with E-state index in [4.69, 9.17) is 13.6 Å². The Bertz CT molecular complexity index is 106. The fourth-order valence-electron chi connectivity index (χ4n) is 0.829. The third-order valence-electron chi connectivity index (χ3n) is 1.27. The fraction of sp³-hybridized carbons (Fsp3) is 1.00. The molecule has 0 aromatic carbocycles. The highest BCUT2D eigenvalue weighted by Gasteiger charge is 2.26. The molecule has 0 amide bonds. The van der Waals surface area contributed by atoms with Gasteiger partial charge in [-0.3, -0.25) is 0 Å². The third kappa shape index (κ3) is 5.38. The second kappa shape index (κ2) is 4.87. The van der Waals surface area contributed by atoms with Gasteiger partial charge in [0.25, 0.3) is 0 Å². The van der Waals surface area contributed by atoms with Crippen molar-refractivity contribution in [1.82, 2.24) is 0 Å². The van der Waals surface area contributed by atoms with E-state index in [1.807, 2.05) is 26.9 Å². The molecule has 11 heavy (non-hydrogen) atoms. The molecule has 0 saturated carbocycles. The first-order valence-electron chi connectivity index (χ1n) is 3.86. The van der Waals surface area contributed by atoms with Crippen LogP contribution in [0.2, 0.25) is 13.1 Å². The summed E-state index contributed by atoms with van der Waals surface area (Å²) in [6.45, 7) is 8.55. The van der Waals surface area contributed by atoms with E-state index in [-0.39, 0.29) is 6.29 Å². The molecule has 0 saturated heterocycles. The lowest BCUT2D eigenvalue weighted by Gasteiger charge is -2.25. The highest BCUT2D eigenvalue weighted by molar-refractivity contribution is 6.64. The number of hydrogen-bond acceptors (Lipinski definition) is 3. The Labute approximate surface area is 69.9 Å². The summed E-state index contributed by atoms with van der Waals surface area (Å²) >= 11 is 0. The van der Waals surface area contributed by atoms with E-state index in [2.05, 4.69) is 0 Å². The Hall–Kier alpha value is 0.0969. The number of hydrogen-bond donors (Lipinski definition) is 0. The van der Waals surface area contributed by atoms with Crippen LogP contribution in [0.25, 0.3) is 0 Å². The van der Waals surface area contributed by atoms with Gasteiger partial charge in [0.05, 0.1) is 0 Å². The van der Waals surface area contributed by atoms with Gasteiger partial charge in [-0.25, -0.2) is 0 Å². The Balaban J connectivity index is 3.70. The van der Waals surface area contributed by atoms with Crippen LogP contribution in [0, 0.1) is 0 Å². The minimum atomic E-state index is -1.91. The van der Waals surface area contributed by atoms with Crippen LogP contribution in [0.1, 0.15) is 13.8 Å². The Morgan fingerprint density at radius 2 is 1.91 bits per heavy atom. The van der Waals surface area contributed by atoms with Crippen molar-refractivity contribution in [3.63, 3.8) is 0 Å². The number of ether oxygens (including phenoxy) is 1. The van der Waals surface area contributed by atoms with Gasteiger partial charge in [-0.2, -0.15) is 0 Å². The first kappa shape index (κ1) is 11.1. The second-order valence-electron chi connectivity index (χ2n) is 2.75. The van der Waals surface area contributed by atoms with Gasteiger partial charge in [0.2, 0.25) is 0 Å². The smallest absolute Gasteiger partial charge is 0.333 e. The van der Waals surface area contributed by atoms with Crippen molar-refractivity contribution in [3.8, 4) is 0 Å². The summed E-state index contributed by atoms with van der Waals surface area (Å²) in [4.78, 5) is 0. The average molecular weight is 178 g/mol. The van der Waals surface area contributed by atoms with Crippen LogP contribution in [0.4, 0.5) is 0 Å². The largest absolute Gasteiger partial charge is 0.395 e. The summed E-state index contributed by atoms with van der Waals surface area (Å²) in [5.74, 6) is 0. The van der Waals surface area contributed by atoms with Gasteiger partial charge < -0.3 is 13.6 Å². The monoisotopic (exact) mass is 178 g/mol. The Morgan fingerprint density at radius 1 is 1.36 bits per heavy atom. The van der Waals surface area contributed by atoms with E-state index in [0.29, 0.717) is 6.61 Å². The molecule has 0 aliphatic heterocycles. The van der Waals surface area contributed by atoms with Crippen molar-refractivity contribution >= 4 is 8.56 Å². The van der Waals surface area contributed by atoms with Crippen LogP contribution in [-0.4, -0.2) is 28.6 Å². The van der Waals surface area contributed by atoms with Crippen LogP contribution in [0.15, 0.2) is 0 Å². The van der Waals surface area contributed by atoms with Gasteiger partial charge in [0, 0.05) is 13.7 Å². The predicted molar refractivity (Wildman–Crippen MR) is 46.7 cm³/mol. The van der Waals surface area contributed by atoms with E-state index >= 15 is 0 Å². The fourth-order valence-corrected chi connectivity index (χ4v) is 2.49. The highest BCUT2D eigenvalue weighted by atomic mass is 28.4. The molecule has 0 N–H and O–H groups in total. The lowest BCUT2D eigenvalue weighted by molar-refractivity contribution is -0.0602. The van der Waals surface area contributed by atoms with Crippen LogP contribution in [0.5, 0.6) is 0 Å². The van der Waals surface area contributed by atoms with Gasteiger partial charge in [0.15, 0.2) is 0 Å². The highest BCUT2D eigenvalue weighted by Crippen LogP contribution is 2.09. The van der Waals surface area contributed by atoms with Crippen molar-refractivity contribution in [2.45, 2.75) is 33.2 Å². The third-order valence-corrected chi connectivity index (χ3v) is 3.16. The standard InChI is InChI=1S/C7H18O3Si/c1-6-9-11(4,5)10-7(2)8-3/h7H,6H2,1-5H3. The summed E-state index contributed by atoms with van der Waals surface area (Å²) in [6.07, 6.45) is -0.164. The van der Waals surface area contributed by atoms with Gasteiger partial charge >= 0.3 is 8.56 Å². The zero-order valence-corrected chi connectivity index (χ0v) is 9.01. The summed E-state index contributed by atoms with van der Waals surface area (Å²) in [5, 5.41) is 0. The molecule has 0 aromatic rings. The van der Waals surface area contributed by atoms with Gasteiger partial charge in [0.1, 0.15) is 6.29 Å². The number of methoxy groups -OCH3 is 1. The van der Waals surface area contributed by atoms with Crippen LogP contribution in [0.3, 0.4) is 0 Å². The lowest BCUT2D eigenvalue weighted by Crippen LogP contribution is -2.38. The molecule has 4 heteroatoms. The Kier molecular flexibility index (Phi) is 4.91. The van der Waals surface area contributed by atoms with E-state index < -0.39 is 8.56 Å². The van der Waals surface area contributed by atoms with Crippen molar-refractivity contribution < 1.29 is 13.6 Å². The van der Waals surface area contributed by atoms with Crippen LogP contribution in [-0.2, 0) is 13.6 Å². The molecule has 0 aromatic heterocycles. The second-order valence-corrected chi connectivity index (χ2v) is 6.08.